The number of aliphatic hydroxyl groups excluding tert-OH is 1. The number of ether oxygens (including phenoxy) is 1. The molecule has 0 aliphatic heterocycles. The van der Waals surface area contributed by atoms with E-state index in [0.29, 0.717) is 6.07 Å². The third-order valence-corrected chi connectivity index (χ3v) is 1.66. The van der Waals surface area contributed by atoms with Gasteiger partial charge in [0.1, 0.15) is 5.75 Å². The summed E-state index contributed by atoms with van der Waals surface area (Å²) in [5.74, 6) is -0.774. The largest absolute Gasteiger partial charge is 0.573 e. The van der Waals surface area contributed by atoms with Gasteiger partial charge in [-0.25, -0.2) is 0 Å². The molecule has 5 nitrogen and oxygen atoms in total. The summed E-state index contributed by atoms with van der Waals surface area (Å²) < 4.78 is 39.3. The molecule has 0 atom stereocenters. The van der Waals surface area contributed by atoms with Gasteiger partial charge in [-0.15, -0.1) is 13.2 Å². The van der Waals surface area contributed by atoms with Crippen molar-refractivity contribution in [1.82, 2.24) is 0 Å². The molecule has 1 rings (SSSR count). The molecule has 1 N–H and O–H groups in total. The minimum absolute atomic E-state index is 0.178. The fourth-order valence-corrected chi connectivity index (χ4v) is 1.01. The summed E-state index contributed by atoms with van der Waals surface area (Å²) in [5, 5.41) is 19.1. The molecule has 1 aromatic rings. The number of hydrogen-bond acceptors (Lipinski definition) is 4. The van der Waals surface area contributed by atoms with Crippen molar-refractivity contribution < 1.29 is 27.9 Å². The molecule has 16 heavy (non-hydrogen) atoms. The average Bonchev–Trinajstić information content (AvgIpc) is 2.15. The highest BCUT2D eigenvalue weighted by molar-refractivity contribution is 5.44. The first kappa shape index (κ1) is 12.2. The Kier molecular flexibility index (Phi) is 3.33. The highest BCUT2D eigenvalue weighted by Gasteiger charge is 2.32. The molecule has 0 fully saturated rings. The zero-order chi connectivity index (χ0) is 12.3. The van der Waals surface area contributed by atoms with E-state index in [-0.39, 0.29) is 5.56 Å². The molecule has 0 heterocycles. The van der Waals surface area contributed by atoms with Gasteiger partial charge in [0.15, 0.2) is 0 Å². The molecule has 0 radical (unpaired) electrons. The number of nitro benzene ring substituents is 1. The first-order valence-corrected chi connectivity index (χ1v) is 3.97. The molecule has 88 valence electrons. The highest BCUT2D eigenvalue weighted by atomic mass is 19.4. The molecule has 0 amide bonds. The van der Waals surface area contributed by atoms with Crippen LogP contribution in [0.25, 0.3) is 0 Å². The molecule has 0 aromatic heterocycles. The van der Waals surface area contributed by atoms with Crippen molar-refractivity contribution in [3.8, 4) is 5.75 Å². The van der Waals surface area contributed by atoms with Crippen molar-refractivity contribution in [2.45, 2.75) is 13.0 Å². The summed E-state index contributed by atoms with van der Waals surface area (Å²) >= 11 is 0. The minimum atomic E-state index is -4.96. The Labute approximate surface area is 87.2 Å². The van der Waals surface area contributed by atoms with Crippen LogP contribution in [0, 0.1) is 10.1 Å². The number of nitro groups is 1. The molecular weight excluding hydrogens is 231 g/mol. The fourth-order valence-electron chi connectivity index (χ4n) is 1.01. The van der Waals surface area contributed by atoms with Crippen LogP contribution in [0.3, 0.4) is 0 Å². The number of rotatable bonds is 3. The van der Waals surface area contributed by atoms with Crippen LogP contribution >= 0.6 is 0 Å². The van der Waals surface area contributed by atoms with Gasteiger partial charge in [0.2, 0.25) is 0 Å². The van der Waals surface area contributed by atoms with Crippen LogP contribution < -0.4 is 4.74 Å². The van der Waals surface area contributed by atoms with Crippen molar-refractivity contribution in [3.63, 3.8) is 0 Å². The van der Waals surface area contributed by atoms with E-state index in [1.807, 2.05) is 0 Å². The minimum Gasteiger partial charge on any atom is -0.405 e. The molecule has 1 aromatic carbocycles. The zero-order valence-corrected chi connectivity index (χ0v) is 7.69. The van der Waals surface area contributed by atoms with Crippen molar-refractivity contribution in [2.24, 2.45) is 0 Å². The molecule has 0 aliphatic rings. The van der Waals surface area contributed by atoms with Gasteiger partial charge in [0.05, 0.1) is 17.6 Å². The second-order valence-electron chi connectivity index (χ2n) is 2.76. The first-order chi connectivity index (χ1) is 7.33. The molecule has 0 saturated carbocycles. The predicted octanol–water partition coefficient (Wildman–Crippen LogP) is 1.99. The lowest BCUT2D eigenvalue weighted by Crippen LogP contribution is -2.18. The third kappa shape index (κ3) is 3.09. The van der Waals surface area contributed by atoms with E-state index in [9.17, 15) is 23.3 Å². The van der Waals surface area contributed by atoms with Gasteiger partial charge < -0.3 is 9.84 Å². The van der Waals surface area contributed by atoms with Gasteiger partial charge in [-0.05, 0) is 6.07 Å². The van der Waals surface area contributed by atoms with E-state index >= 15 is 0 Å². The maximum Gasteiger partial charge on any atom is 0.573 e. The Hall–Kier alpha value is -1.83. The Morgan fingerprint density at radius 2 is 2.06 bits per heavy atom. The zero-order valence-electron chi connectivity index (χ0n) is 7.69. The second-order valence-corrected chi connectivity index (χ2v) is 2.76. The third-order valence-electron chi connectivity index (χ3n) is 1.66. The molecule has 0 spiro atoms. The van der Waals surface area contributed by atoms with E-state index in [4.69, 9.17) is 5.11 Å². The van der Waals surface area contributed by atoms with Gasteiger partial charge in [0, 0.05) is 11.6 Å². The maximum absolute atomic E-state index is 11.9. The summed E-state index contributed by atoms with van der Waals surface area (Å²) in [6, 6.07) is 2.59. The maximum atomic E-state index is 11.9. The SMILES string of the molecule is O=[N+]([O-])c1ccc(CO)c(OC(F)(F)F)c1. The normalized spacial score (nSPS) is 11.2. The number of hydrogen-bond donors (Lipinski definition) is 1. The number of aliphatic hydroxyl groups is 1. The average molecular weight is 237 g/mol. The Morgan fingerprint density at radius 1 is 1.44 bits per heavy atom. The highest BCUT2D eigenvalue weighted by Crippen LogP contribution is 2.29. The molecule has 0 saturated heterocycles. The number of nitrogens with zero attached hydrogens (tertiary/aromatic N) is 1. The Balaban J connectivity index is 3.12. The van der Waals surface area contributed by atoms with Crippen molar-refractivity contribution in [2.75, 3.05) is 0 Å². The van der Waals surface area contributed by atoms with Crippen LogP contribution in [-0.2, 0) is 6.61 Å². The van der Waals surface area contributed by atoms with Crippen LogP contribution in [0.2, 0.25) is 0 Å². The summed E-state index contributed by atoms with van der Waals surface area (Å²) in [4.78, 5) is 9.47. The molecule has 0 unspecified atom stereocenters. The summed E-state index contributed by atoms with van der Waals surface area (Å²) in [5.41, 5.74) is -0.723. The predicted molar refractivity (Wildman–Crippen MR) is 45.7 cm³/mol. The molecular formula is C8H6F3NO4. The van der Waals surface area contributed by atoms with Gasteiger partial charge in [-0.2, -0.15) is 0 Å². The lowest BCUT2D eigenvalue weighted by molar-refractivity contribution is -0.385. The van der Waals surface area contributed by atoms with Crippen LogP contribution in [0.1, 0.15) is 5.56 Å². The summed E-state index contributed by atoms with van der Waals surface area (Å²) in [7, 11) is 0. The number of non-ortho nitro benzene ring substituents is 1. The van der Waals surface area contributed by atoms with Gasteiger partial charge in [-0.3, -0.25) is 10.1 Å². The van der Waals surface area contributed by atoms with Crippen molar-refractivity contribution in [3.05, 3.63) is 33.9 Å². The number of benzene rings is 1. The molecule has 0 bridgehead atoms. The Morgan fingerprint density at radius 3 is 2.50 bits per heavy atom. The second kappa shape index (κ2) is 4.35. The van der Waals surface area contributed by atoms with E-state index in [0.717, 1.165) is 12.1 Å². The van der Waals surface area contributed by atoms with Crippen LogP contribution in [-0.4, -0.2) is 16.4 Å². The van der Waals surface area contributed by atoms with Crippen molar-refractivity contribution >= 4 is 5.69 Å². The van der Waals surface area contributed by atoms with Crippen LogP contribution in [0.5, 0.6) is 5.75 Å². The van der Waals surface area contributed by atoms with E-state index in [1.165, 1.54) is 0 Å². The standard InChI is InChI=1S/C8H6F3NO4/c9-8(10,11)16-7-3-6(12(14)15)2-1-5(7)4-13/h1-3,13H,4H2. The Bertz CT molecular complexity index is 405. The van der Waals surface area contributed by atoms with Gasteiger partial charge in [0.25, 0.3) is 5.69 Å². The lowest BCUT2D eigenvalue weighted by Gasteiger charge is -2.11. The summed E-state index contributed by atoms with van der Waals surface area (Å²) in [6.07, 6.45) is -4.96. The van der Waals surface area contributed by atoms with Gasteiger partial charge >= 0.3 is 6.36 Å². The first-order valence-electron chi connectivity index (χ1n) is 3.97. The van der Waals surface area contributed by atoms with Gasteiger partial charge in [-0.1, -0.05) is 0 Å². The number of halogens is 3. The quantitative estimate of drug-likeness (QED) is 0.644. The van der Waals surface area contributed by atoms with Crippen molar-refractivity contribution in [1.29, 1.82) is 0 Å². The smallest absolute Gasteiger partial charge is 0.405 e. The lowest BCUT2D eigenvalue weighted by atomic mass is 10.2. The van der Waals surface area contributed by atoms with E-state index in [2.05, 4.69) is 4.74 Å². The monoisotopic (exact) mass is 237 g/mol. The van der Waals surface area contributed by atoms with Crippen LogP contribution in [0.15, 0.2) is 18.2 Å². The van der Waals surface area contributed by atoms with E-state index < -0.39 is 29.3 Å². The van der Waals surface area contributed by atoms with Crippen LogP contribution in [0.4, 0.5) is 18.9 Å². The topological polar surface area (TPSA) is 72.6 Å². The fraction of sp³-hybridized carbons (Fsp3) is 0.250. The number of alkyl halides is 3. The summed E-state index contributed by atoms with van der Waals surface area (Å²) in [6.45, 7) is -0.705. The molecule has 0 aliphatic carbocycles. The van der Waals surface area contributed by atoms with E-state index in [1.54, 1.807) is 0 Å². The molecule has 8 heteroatoms.